The fourth-order valence-corrected chi connectivity index (χ4v) is 3.15. The van der Waals surface area contributed by atoms with E-state index in [1.165, 1.54) is 11.1 Å². The largest absolute Gasteiger partial charge is 0.131 e. The molecule has 1 aliphatic rings. The summed E-state index contributed by atoms with van der Waals surface area (Å²) >= 11 is 1.74. The molecule has 0 radical (unpaired) electrons. The van der Waals surface area contributed by atoms with Crippen molar-refractivity contribution in [3.05, 3.63) is 77.4 Å². The zero-order chi connectivity index (χ0) is 11.6. The van der Waals surface area contributed by atoms with Crippen LogP contribution < -0.4 is 0 Å². The first-order valence-corrected chi connectivity index (χ1v) is 6.00. The van der Waals surface area contributed by atoms with Crippen LogP contribution in [0.25, 0.3) is 0 Å². The first-order chi connectivity index (χ1) is 7.68. The highest BCUT2D eigenvalue weighted by Gasteiger charge is 2.32. The Hall–Kier alpha value is -1.43. The Bertz CT molecular complexity index is 504. The van der Waals surface area contributed by atoms with Gasteiger partial charge in [-0.25, -0.2) is 0 Å². The van der Waals surface area contributed by atoms with Crippen LogP contribution >= 0.6 is 11.8 Å². The zero-order valence-electron chi connectivity index (χ0n) is 9.36. The minimum absolute atomic E-state index is 0.163. The molecule has 1 heteroatoms. The minimum Gasteiger partial charge on any atom is -0.131 e. The van der Waals surface area contributed by atoms with Crippen LogP contribution in [0, 0.1) is 6.92 Å². The van der Waals surface area contributed by atoms with E-state index in [4.69, 9.17) is 0 Å². The maximum atomic E-state index is 3.99. The molecule has 0 saturated heterocycles. The lowest BCUT2D eigenvalue weighted by atomic mass is 9.93. The summed E-state index contributed by atoms with van der Waals surface area (Å²) in [7, 11) is 0. The minimum atomic E-state index is -0.163. The van der Waals surface area contributed by atoms with Gasteiger partial charge >= 0.3 is 0 Å². The van der Waals surface area contributed by atoms with Crippen molar-refractivity contribution in [2.75, 3.05) is 0 Å². The van der Waals surface area contributed by atoms with E-state index in [-0.39, 0.29) is 4.75 Å². The number of hydrogen-bond acceptors (Lipinski definition) is 1. The van der Waals surface area contributed by atoms with E-state index >= 15 is 0 Å². The number of hydrogen-bond donors (Lipinski definition) is 0. The van der Waals surface area contributed by atoms with Gasteiger partial charge in [-0.3, -0.25) is 0 Å². The van der Waals surface area contributed by atoms with E-state index in [9.17, 15) is 0 Å². The van der Waals surface area contributed by atoms with Crippen molar-refractivity contribution in [2.24, 2.45) is 0 Å². The SMILES string of the molecule is C=C=CC1(c2ccccc2C)C=CC(=C)S1. The lowest BCUT2D eigenvalue weighted by Crippen LogP contribution is -2.14. The molecule has 1 unspecified atom stereocenters. The molecule has 80 valence electrons. The van der Waals surface area contributed by atoms with Crippen LogP contribution in [0.1, 0.15) is 11.1 Å². The summed E-state index contributed by atoms with van der Waals surface area (Å²) in [6, 6.07) is 8.40. The third-order valence-electron chi connectivity index (χ3n) is 2.70. The number of rotatable bonds is 2. The molecule has 16 heavy (non-hydrogen) atoms. The fourth-order valence-electron chi connectivity index (χ4n) is 1.96. The van der Waals surface area contributed by atoms with Crippen molar-refractivity contribution >= 4 is 11.8 Å². The zero-order valence-corrected chi connectivity index (χ0v) is 10.2. The van der Waals surface area contributed by atoms with E-state index in [0.717, 1.165) is 4.91 Å². The Morgan fingerprint density at radius 3 is 2.69 bits per heavy atom. The number of benzene rings is 1. The lowest BCUT2D eigenvalue weighted by molar-refractivity contribution is 0.988. The van der Waals surface area contributed by atoms with Gasteiger partial charge in [0.25, 0.3) is 0 Å². The van der Waals surface area contributed by atoms with Crippen LogP contribution in [0.5, 0.6) is 0 Å². The summed E-state index contributed by atoms with van der Waals surface area (Å²) in [4.78, 5) is 1.08. The maximum Gasteiger partial charge on any atom is 0.0894 e. The second-order valence-corrected chi connectivity index (χ2v) is 5.26. The summed E-state index contributed by atoms with van der Waals surface area (Å²) in [5, 5.41) is 0. The average Bonchev–Trinajstić information content (AvgIpc) is 2.62. The van der Waals surface area contributed by atoms with Crippen LogP contribution in [-0.4, -0.2) is 0 Å². The Labute approximate surface area is 101 Å². The lowest BCUT2D eigenvalue weighted by Gasteiger charge is -2.24. The van der Waals surface area contributed by atoms with E-state index < -0.39 is 0 Å². The molecule has 0 N–H and O–H groups in total. The predicted molar refractivity (Wildman–Crippen MR) is 72.4 cm³/mol. The number of thioether (sulfide) groups is 1. The van der Waals surface area contributed by atoms with Gasteiger partial charge in [-0.05, 0) is 24.1 Å². The standard InChI is InChI=1S/C15H14S/c1-4-10-15(11-9-13(3)16-15)14-8-6-5-7-12(14)2/h5-11H,1,3H2,2H3. The monoisotopic (exact) mass is 226 g/mol. The molecule has 1 atom stereocenters. The maximum absolute atomic E-state index is 3.99. The molecule has 0 aromatic heterocycles. The molecular weight excluding hydrogens is 212 g/mol. The Balaban J connectivity index is 2.58. The summed E-state index contributed by atoms with van der Waals surface area (Å²) in [6.07, 6.45) is 6.24. The summed E-state index contributed by atoms with van der Waals surface area (Å²) < 4.78 is -0.163. The van der Waals surface area contributed by atoms with Crippen LogP contribution in [0.2, 0.25) is 0 Å². The van der Waals surface area contributed by atoms with Gasteiger partial charge in [0.1, 0.15) is 0 Å². The normalized spacial score (nSPS) is 23.2. The molecule has 0 aliphatic carbocycles. The van der Waals surface area contributed by atoms with Crippen molar-refractivity contribution in [2.45, 2.75) is 11.7 Å². The third-order valence-corrected chi connectivity index (χ3v) is 3.91. The highest BCUT2D eigenvalue weighted by Crippen LogP contribution is 2.49. The molecule has 2 rings (SSSR count). The molecule has 0 spiro atoms. The van der Waals surface area contributed by atoms with Gasteiger partial charge in [-0.15, -0.1) is 17.5 Å². The molecule has 0 nitrogen and oxygen atoms in total. The summed E-state index contributed by atoms with van der Waals surface area (Å²) in [5.74, 6) is 0. The van der Waals surface area contributed by atoms with E-state index in [0.29, 0.717) is 0 Å². The van der Waals surface area contributed by atoms with Crippen LogP contribution in [-0.2, 0) is 4.75 Å². The Kier molecular flexibility index (Phi) is 2.91. The molecule has 0 saturated carbocycles. The Morgan fingerprint density at radius 2 is 2.12 bits per heavy atom. The van der Waals surface area contributed by atoms with E-state index in [1.54, 1.807) is 11.8 Å². The fraction of sp³-hybridized carbons (Fsp3) is 0.133. The molecule has 0 bridgehead atoms. The van der Waals surface area contributed by atoms with Crippen molar-refractivity contribution in [3.8, 4) is 0 Å². The second kappa shape index (κ2) is 4.21. The van der Waals surface area contributed by atoms with Gasteiger partial charge in [-0.2, -0.15) is 0 Å². The van der Waals surface area contributed by atoms with Gasteiger partial charge in [0.05, 0.1) is 4.75 Å². The van der Waals surface area contributed by atoms with Crippen molar-refractivity contribution < 1.29 is 0 Å². The van der Waals surface area contributed by atoms with Crippen molar-refractivity contribution in [3.63, 3.8) is 0 Å². The van der Waals surface area contributed by atoms with Crippen molar-refractivity contribution in [1.82, 2.24) is 0 Å². The Morgan fingerprint density at radius 1 is 1.38 bits per heavy atom. The third kappa shape index (κ3) is 1.80. The van der Waals surface area contributed by atoms with Gasteiger partial charge in [0.15, 0.2) is 0 Å². The van der Waals surface area contributed by atoms with Crippen molar-refractivity contribution in [1.29, 1.82) is 0 Å². The van der Waals surface area contributed by atoms with Gasteiger partial charge < -0.3 is 0 Å². The van der Waals surface area contributed by atoms with Crippen LogP contribution in [0.3, 0.4) is 0 Å². The molecule has 0 amide bonds. The quantitative estimate of drug-likeness (QED) is 0.676. The molecule has 1 aromatic rings. The highest BCUT2D eigenvalue weighted by atomic mass is 32.2. The summed E-state index contributed by atoms with van der Waals surface area (Å²) in [6.45, 7) is 9.82. The topological polar surface area (TPSA) is 0 Å². The molecule has 1 aliphatic heterocycles. The number of aryl methyl sites for hydroxylation is 1. The average molecular weight is 226 g/mol. The molecular formula is C15H14S. The van der Waals surface area contributed by atoms with Gasteiger partial charge in [0.2, 0.25) is 0 Å². The van der Waals surface area contributed by atoms with E-state index in [2.05, 4.69) is 62.2 Å². The first-order valence-electron chi connectivity index (χ1n) is 5.18. The van der Waals surface area contributed by atoms with Crippen LogP contribution in [0.15, 0.2) is 66.3 Å². The summed E-state index contributed by atoms with van der Waals surface area (Å²) in [5.41, 5.74) is 5.47. The smallest absolute Gasteiger partial charge is 0.0894 e. The van der Waals surface area contributed by atoms with Gasteiger partial charge in [0, 0.05) is 4.91 Å². The van der Waals surface area contributed by atoms with Gasteiger partial charge in [-0.1, -0.05) is 49.6 Å². The number of allylic oxidation sites excluding steroid dienone is 1. The first kappa shape index (κ1) is 11.1. The molecule has 1 aromatic carbocycles. The van der Waals surface area contributed by atoms with E-state index in [1.807, 2.05) is 6.08 Å². The van der Waals surface area contributed by atoms with Crippen LogP contribution in [0.4, 0.5) is 0 Å². The molecule has 1 heterocycles. The highest BCUT2D eigenvalue weighted by molar-refractivity contribution is 8.04. The molecule has 0 fully saturated rings. The predicted octanol–water partition coefficient (Wildman–Crippen LogP) is 4.35. The second-order valence-electron chi connectivity index (χ2n) is 3.86.